The highest BCUT2D eigenvalue weighted by atomic mass is 35.5. The standard InChI is InChI=1S/C22H19ClN6O2/c1-5-30-22-19(12-8-15-6-9-16(10-7-15)27-28-24)25-20-18(26-22)13-11-17(23)21(20)31-14(2)29(3)4/h5-7,9-11,13-14H,1H2,2-4H3. The van der Waals surface area contributed by atoms with Crippen LogP contribution < -0.4 is 9.47 Å². The Hall–Kier alpha value is -3.76. The van der Waals surface area contributed by atoms with Gasteiger partial charge in [0.1, 0.15) is 11.7 Å². The number of aromatic nitrogens is 2. The van der Waals surface area contributed by atoms with Crippen molar-refractivity contribution in [2.75, 3.05) is 14.1 Å². The molecule has 0 saturated carbocycles. The van der Waals surface area contributed by atoms with Crippen molar-refractivity contribution >= 4 is 28.3 Å². The van der Waals surface area contributed by atoms with Crippen molar-refractivity contribution in [3.05, 3.63) is 76.0 Å². The van der Waals surface area contributed by atoms with Gasteiger partial charge in [0.25, 0.3) is 5.88 Å². The number of fused-ring (bicyclic) bond motifs is 1. The third-order valence-electron chi connectivity index (χ3n) is 4.27. The molecule has 0 bridgehead atoms. The molecule has 9 heteroatoms. The van der Waals surface area contributed by atoms with Gasteiger partial charge in [-0.2, -0.15) is 0 Å². The number of ether oxygens (including phenoxy) is 2. The predicted molar refractivity (Wildman–Crippen MR) is 120 cm³/mol. The second-order valence-electron chi connectivity index (χ2n) is 6.57. The monoisotopic (exact) mass is 434 g/mol. The number of nitrogens with zero attached hydrogens (tertiary/aromatic N) is 6. The van der Waals surface area contributed by atoms with Crippen molar-refractivity contribution < 1.29 is 9.47 Å². The van der Waals surface area contributed by atoms with Crippen LogP contribution in [0.3, 0.4) is 0 Å². The summed E-state index contributed by atoms with van der Waals surface area (Å²) in [5, 5.41) is 3.96. The van der Waals surface area contributed by atoms with Gasteiger partial charge in [-0.15, -0.1) is 0 Å². The number of hydrogen-bond donors (Lipinski definition) is 0. The van der Waals surface area contributed by atoms with Crippen molar-refractivity contribution in [2.24, 2.45) is 5.11 Å². The predicted octanol–water partition coefficient (Wildman–Crippen LogP) is 5.43. The number of hydrogen-bond acceptors (Lipinski definition) is 6. The molecular weight excluding hydrogens is 416 g/mol. The maximum atomic E-state index is 8.51. The number of rotatable bonds is 6. The molecule has 0 amide bonds. The van der Waals surface area contributed by atoms with Crippen LogP contribution in [0.2, 0.25) is 5.02 Å². The van der Waals surface area contributed by atoms with E-state index in [-0.39, 0.29) is 12.1 Å². The van der Waals surface area contributed by atoms with Gasteiger partial charge in [-0.25, -0.2) is 9.97 Å². The van der Waals surface area contributed by atoms with Gasteiger partial charge in [0, 0.05) is 16.2 Å². The summed E-state index contributed by atoms with van der Waals surface area (Å²) >= 11 is 6.39. The average Bonchev–Trinajstić information content (AvgIpc) is 2.75. The van der Waals surface area contributed by atoms with Gasteiger partial charge in [0.2, 0.25) is 0 Å². The molecule has 2 aromatic carbocycles. The molecule has 3 aromatic rings. The van der Waals surface area contributed by atoms with E-state index in [2.05, 4.69) is 38.4 Å². The second-order valence-corrected chi connectivity index (χ2v) is 6.98. The fourth-order valence-corrected chi connectivity index (χ4v) is 2.68. The minimum Gasteiger partial charge on any atom is -0.472 e. The molecule has 1 heterocycles. The third kappa shape index (κ3) is 5.24. The largest absolute Gasteiger partial charge is 0.472 e. The van der Waals surface area contributed by atoms with Gasteiger partial charge >= 0.3 is 0 Å². The van der Waals surface area contributed by atoms with Crippen molar-refractivity contribution in [3.8, 4) is 23.5 Å². The Kier molecular flexibility index (Phi) is 6.96. The molecule has 0 spiro atoms. The lowest BCUT2D eigenvalue weighted by molar-refractivity contribution is 0.0830. The van der Waals surface area contributed by atoms with E-state index in [1.165, 1.54) is 6.26 Å². The summed E-state index contributed by atoms with van der Waals surface area (Å²) in [6.45, 7) is 5.49. The lowest BCUT2D eigenvalue weighted by Crippen LogP contribution is -2.30. The van der Waals surface area contributed by atoms with Crippen molar-refractivity contribution in [1.82, 2.24) is 14.9 Å². The molecule has 0 aliphatic rings. The fraction of sp³-hybridized carbons (Fsp3) is 0.182. The van der Waals surface area contributed by atoms with Crippen molar-refractivity contribution in [2.45, 2.75) is 13.2 Å². The SMILES string of the molecule is C=COc1nc2ccc(Cl)c(OC(C)N(C)C)c2nc1C#Cc1ccc(N=[N+]=[N-])cc1. The second kappa shape index (κ2) is 9.83. The van der Waals surface area contributed by atoms with E-state index >= 15 is 0 Å². The van der Waals surface area contributed by atoms with E-state index in [4.69, 9.17) is 26.6 Å². The Morgan fingerprint density at radius 3 is 2.58 bits per heavy atom. The average molecular weight is 435 g/mol. The summed E-state index contributed by atoms with van der Waals surface area (Å²) in [7, 11) is 3.80. The van der Waals surface area contributed by atoms with Crippen LogP contribution in [0.4, 0.5) is 5.69 Å². The van der Waals surface area contributed by atoms with Gasteiger partial charge in [0.05, 0.1) is 16.8 Å². The van der Waals surface area contributed by atoms with Crippen LogP contribution in [-0.2, 0) is 0 Å². The highest BCUT2D eigenvalue weighted by Crippen LogP contribution is 2.34. The van der Waals surface area contributed by atoms with Crippen LogP contribution in [0.1, 0.15) is 18.2 Å². The van der Waals surface area contributed by atoms with Crippen LogP contribution in [0.15, 0.2) is 54.4 Å². The van der Waals surface area contributed by atoms with Gasteiger partial charge in [-0.05, 0) is 56.7 Å². The van der Waals surface area contributed by atoms with Crippen LogP contribution in [0.25, 0.3) is 21.5 Å². The summed E-state index contributed by atoms with van der Waals surface area (Å²) in [6.07, 6.45) is 1.02. The van der Waals surface area contributed by atoms with Gasteiger partial charge in [0.15, 0.2) is 11.4 Å². The number of halogens is 1. The lowest BCUT2D eigenvalue weighted by Gasteiger charge is -2.22. The fourth-order valence-electron chi connectivity index (χ4n) is 2.48. The Morgan fingerprint density at radius 1 is 1.19 bits per heavy atom. The number of azide groups is 1. The van der Waals surface area contributed by atoms with E-state index in [0.29, 0.717) is 38.8 Å². The molecule has 1 aromatic heterocycles. The first-order valence-electron chi connectivity index (χ1n) is 9.21. The Morgan fingerprint density at radius 2 is 1.94 bits per heavy atom. The molecule has 31 heavy (non-hydrogen) atoms. The minimum atomic E-state index is -0.238. The molecule has 0 saturated heterocycles. The van der Waals surface area contributed by atoms with E-state index in [0.717, 1.165) is 0 Å². The zero-order valence-corrected chi connectivity index (χ0v) is 18.0. The van der Waals surface area contributed by atoms with Crippen LogP contribution >= 0.6 is 11.6 Å². The van der Waals surface area contributed by atoms with Crippen molar-refractivity contribution in [1.29, 1.82) is 0 Å². The quantitative estimate of drug-likeness (QED) is 0.129. The molecule has 8 nitrogen and oxygen atoms in total. The highest BCUT2D eigenvalue weighted by Gasteiger charge is 2.17. The van der Waals surface area contributed by atoms with Gasteiger partial charge in [-0.3, -0.25) is 4.90 Å². The lowest BCUT2D eigenvalue weighted by atomic mass is 10.2. The zero-order chi connectivity index (χ0) is 22.4. The van der Waals surface area contributed by atoms with Crippen LogP contribution in [0.5, 0.6) is 11.6 Å². The summed E-state index contributed by atoms with van der Waals surface area (Å²) in [5.41, 5.74) is 11.0. The van der Waals surface area contributed by atoms with Gasteiger partial charge in [-0.1, -0.05) is 41.3 Å². The molecular formula is C22H19ClN6O2. The molecule has 0 radical (unpaired) electrons. The Bertz CT molecular complexity index is 1220. The van der Waals surface area contributed by atoms with E-state index in [1.54, 1.807) is 36.4 Å². The first-order valence-corrected chi connectivity index (χ1v) is 9.58. The first kappa shape index (κ1) is 21.9. The van der Waals surface area contributed by atoms with E-state index < -0.39 is 0 Å². The molecule has 0 N–H and O–H groups in total. The number of benzene rings is 2. The van der Waals surface area contributed by atoms with E-state index in [9.17, 15) is 0 Å². The molecule has 156 valence electrons. The van der Waals surface area contributed by atoms with Crippen molar-refractivity contribution in [3.63, 3.8) is 0 Å². The molecule has 0 fully saturated rings. The highest BCUT2D eigenvalue weighted by molar-refractivity contribution is 6.33. The smallest absolute Gasteiger partial charge is 0.254 e. The topological polar surface area (TPSA) is 96.2 Å². The van der Waals surface area contributed by atoms with Gasteiger partial charge < -0.3 is 9.47 Å². The Balaban J connectivity index is 2.10. The van der Waals surface area contributed by atoms with E-state index in [1.807, 2.05) is 25.9 Å². The molecule has 3 rings (SSSR count). The first-order chi connectivity index (χ1) is 14.9. The third-order valence-corrected chi connectivity index (χ3v) is 4.57. The maximum absolute atomic E-state index is 8.51. The minimum absolute atomic E-state index is 0.217. The summed E-state index contributed by atoms with van der Waals surface area (Å²) < 4.78 is 11.4. The van der Waals surface area contributed by atoms with Crippen LogP contribution in [-0.4, -0.2) is 35.2 Å². The zero-order valence-electron chi connectivity index (χ0n) is 17.2. The molecule has 0 aliphatic carbocycles. The summed E-state index contributed by atoms with van der Waals surface area (Å²) in [4.78, 5) is 13.8. The molecule has 1 unspecified atom stereocenters. The van der Waals surface area contributed by atoms with Crippen LogP contribution in [0, 0.1) is 11.8 Å². The molecule has 1 atom stereocenters. The molecule has 0 aliphatic heterocycles. The summed E-state index contributed by atoms with van der Waals surface area (Å²) in [5.74, 6) is 6.61. The Labute approximate surface area is 184 Å². The normalized spacial score (nSPS) is 11.3. The summed E-state index contributed by atoms with van der Waals surface area (Å²) in [6, 6.07) is 10.3. The maximum Gasteiger partial charge on any atom is 0.254 e.